The molecule has 1 aliphatic carbocycles. The minimum Gasteiger partial charge on any atom is -0.345 e. The molecule has 4 rings (SSSR count). The molecular formula is C19H17N3O. The van der Waals surface area contributed by atoms with E-state index in [1.165, 1.54) is 11.1 Å². The van der Waals surface area contributed by atoms with Gasteiger partial charge < -0.3 is 5.32 Å². The van der Waals surface area contributed by atoms with Crippen molar-refractivity contribution in [2.75, 3.05) is 0 Å². The van der Waals surface area contributed by atoms with Crippen LogP contribution in [-0.4, -0.2) is 15.9 Å². The normalized spacial score (nSPS) is 16.8. The summed E-state index contributed by atoms with van der Waals surface area (Å²) in [5, 5.41) is 3.18. The van der Waals surface area contributed by atoms with Crippen molar-refractivity contribution in [2.45, 2.75) is 25.3 Å². The minimum absolute atomic E-state index is 0.0689. The van der Waals surface area contributed by atoms with Crippen LogP contribution in [0.5, 0.6) is 0 Å². The number of aryl methyl sites for hydroxylation is 1. The number of nitrogens with zero attached hydrogens (tertiary/aromatic N) is 2. The van der Waals surface area contributed by atoms with E-state index in [0.29, 0.717) is 11.1 Å². The lowest BCUT2D eigenvalue weighted by Gasteiger charge is -2.26. The predicted octanol–water partition coefficient (Wildman–Crippen LogP) is 3.44. The Morgan fingerprint density at radius 3 is 2.87 bits per heavy atom. The number of para-hydroxylation sites is 1. The molecular weight excluding hydrogens is 286 g/mol. The molecule has 114 valence electrons. The fourth-order valence-electron chi connectivity index (χ4n) is 3.32. The van der Waals surface area contributed by atoms with Gasteiger partial charge in [-0.05, 0) is 42.5 Å². The SMILES string of the molecule is O=C(NC1CCCc2ccccc21)c1cccc2nccnc12. The average molecular weight is 303 g/mol. The first-order chi connectivity index (χ1) is 11.3. The van der Waals surface area contributed by atoms with Crippen LogP contribution in [0.15, 0.2) is 54.9 Å². The number of benzene rings is 2. The molecule has 1 aliphatic rings. The Kier molecular flexibility index (Phi) is 3.50. The first kappa shape index (κ1) is 13.9. The fourth-order valence-corrected chi connectivity index (χ4v) is 3.32. The topological polar surface area (TPSA) is 54.9 Å². The highest BCUT2D eigenvalue weighted by molar-refractivity contribution is 6.04. The average Bonchev–Trinajstić information content (AvgIpc) is 2.61. The number of rotatable bonds is 2. The third-order valence-electron chi connectivity index (χ3n) is 4.42. The lowest BCUT2D eigenvalue weighted by Crippen LogP contribution is -2.31. The van der Waals surface area contributed by atoms with Gasteiger partial charge in [0.25, 0.3) is 5.91 Å². The van der Waals surface area contributed by atoms with E-state index < -0.39 is 0 Å². The molecule has 0 radical (unpaired) electrons. The van der Waals surface area contributed by atoms with E-state index >= 15 is 0 Å². The highest BCUT2D eigenvalue weighted by Crippen LogP contribution is 2.29. The predicted molar refractivity (Wildman–Crippen MR) is 89.1 cm³/mol. The van der Waals surface area contributed by atoms with Crippen LogP contribution in [0.2, 0.25) is 0 Å². The summed E-state index contributed by atoms with van der Waals surface area (Å²) >= 11 is 0. The summed E-state index contributed by atoms with van der Waals surface area (Å²) in [7, 11) is 0. The Bertz CT molecular complexity index is 870. The largest absolute Gasteiger partial charge is 0.345 e. The first-order valence-corrected chi connectivity index (χ1v) is 7.91. The molecule has 1 unspecified atom stereocenters. The Morgan fingerprint density at radius 2 is 1.91 bits per heavy atom. The van der Waals surface area contributed by atoms with Gasteiger partial charge in [0.2, 0.25) is 0 Å². The van der Waals surface area contributed by atoms with Gasteiger partial charge in [-0.25, -0.2) is 0 Å². The molecule has 0 fully saturated rings. The highest BCUT2D eigenvalue weighted by Gasteiger charge is 2.22. The van der Waals surface area contributed by atoms with Crippen molar-refractivity contribution in [3.8, 4) is 0 Å². The Balaban J connectivity index is 1.66. The smallest absolute Gasteiger partial charge is 0.254 e. The summed E-state index contributed by atoms with van der Waals surface area (Å²) in [6, 6.07) is 14.0. The van der Waals surface area contributed by atoms with Crippen molar-refractivity contribution < 1.29 is 4.79 Å². The number of carbonyl (C=O) groups is 1. The fraction of sp³-hybridized carbons (Fsp3) is 0.211. The second-order valence-electron chi connectivity index (χ2n) is 5.85. The molecule has 0 bridgehead atoms. The zero-order chi connectivity index (χ0) is 15.6. The van der Waals surface area contributed by atoms with Gasteiger partial charge in [0, 0.05) is 12.4 Å². The molecule has 1 aromatic heterocycles. The third kappa shape index (κ3) is 2.57. The van der Waals surface area contributed by atoms with E-state index in [-0.39, 0.29) is 11.9 Å². The molecule has 2 aromatic carbocycles. The Hall–Kier alpha value is -2.75. The first-order valence-electron chi connectivity index (χ1n) is 7.91. The van der Waals surface area contributed by atoms with Crippen LogP contribution in [0.1, 0.15) is 40.4 Å². The monoisotopic (exact) mass is 303 g/mol. The number of carbonyl (C=O) groups excluding carboxylic acids is 1. The van der Waals surface area contributed by atoms with Gasteiger partial charge in [-0.2, -0.15) is 0 Å². The molecule has 1 atom stereocenters. The number of hydrogen-bond donors (Lipinski definition) is 1. The van der Waals surface area contributed by atoms with E-state index in [2.05, 4.69) is 33.5 Å². The lowest BCUT2D eigenvalue weighted by atomic mass is 9.87. The standard InChI is InChI=1S/C19H17N3O/c23-19(15-8-4-10-17-18(15)21-12-11-20-17)22-16-9-3-6-13-5-1-2-7-14(13)16/h1-2,4-5,7-8,10-12,16H,3,6,9H2,(H,22,23). The van der Waals surface area contributed by atoms with Gasteiger partial charge in [0.05, 0.1) is 17.1 Å². The third-order valence-corrected chi connectivity index (χ3v) is 4.42. The van der Waals surface area contributed by atoms with Crippen molar-refractivity contribution in [2.24, 2.45) is 0 Å². The number of fused-ring (bicyclic) bond motifs is 2. The van der Waals surface area contributed by atoms with E-state index in [1.807, 2.05) is 18.2 Å². The summed E-state index contributed by atoms with van der Waals surface area (Å²) < 4.78 is 0. The zero-order valence-corrected chi connectivity index (χ0v) is 12.7. The van der Waals surface area contributed by atoms with Crippen molar-refractivity contribution in [3.63, 3.8) is 0 Å². The van der Waals surface area contributed by atoms with Gasteiger partial charge in [-0.1, -0.05) is 30.3 Å². The quantitative estimate of drug-likeness (QED) is 0.789. The summed E-state index contributed by atoms with van der Waals surface area (Å²) in [6.07, 6.45) is 6.41. The van der Waals surface area contributed by atoms with Crippen molar-refractivity contribution in [1.82, 2.24) is 15.3 Å². The second-order valence-corrected chi connectivity index (χ2v) is 5.85. The number of nitrogens with one attached hydrogen (secondary N) is 1. The molecule has 0 saturated heterocycles. The van der Waals surface area contributed by atoms with Crippen LogP contribution >= 0.6 is 0 Å². The van der Waals surface area contributed by atoms with Crippen LogP contribution in [0.25, 0.3) is 11.0 Å². The van der Waals surface area contributed by atoms with Crippen LogP contribution in [0.3, 0.4) is 0 Å². The van der Waals surface area contributed by atoms with E-state index in [4.69, 9.17) is 0 Å². The van der Waals surface area contributed by atoms with Crippen LogP contribution < -0.4 is 5.32 Å². The zero-order valence-electron chi connectivity index (χ0n) is 12.7. The van der Waals surface area contributed by atoms with Crippen LogP contribution in [0.4, 0.5) is 0 Å². The van der Waals surface area contributed by atoms with Crippen LogP contribution in [-0.2, 0) is 6.42 Å². The van der Waals surface area contributed by atoms with Crippen LogP contribution in [0, 0.1) is 0 Å². The molecule has 0 aliphatic heterocycles. The summed E-state index contributed by atoms with van der Waals surface area (Å²) in [5.41, 5.74) is 4.54. The van der Waals surface area contributed by atoms with E-state index in [0.717, 1.165) is 24.8 Å². The molecule has 1 amide bonds. The number of amides is 1. The van der Waals surface area contributed by atoms with Crippen molar-refractivity contribution >= 4 is 16.9 Å². The molecule has 1 N–H and O–H groups in total. The number of aromatic nitrogens is 2. The van der Waals surface area contributed by atoms with Gasteiger partial charge >= 0.3 is 0 Å². The molecule has 23 heavy (non-hydrogen) atoms. The lowest BCUT2D eigenvalue weighted by molar-refractivity contribution is 0.0934. The summed E-state index contributed by atoms with van der Waals surface area (Å²) in [4.78, 5) is 21.3. The van der Waals surface area contributed by atoms with Gasteiger partial charge in [-0.15, -0.1) is 0 Å². The molecule has 1 heterocycles. The Morgan fingerprint density at radius 1 is 1.04 bits per heavy atom. The molecule has 4 heteroatoms. The van der Waals surface area contributed by atoms with Gasteiger partial charge in [-0.3, -0.25) is 14.8 Å². The molecule has 3 aromatic rings. The summed E-state index contributed by atoms with van der Waals surface area (Å²) in [6.45, 7) is 0. The molecule has 0 saturated carbocycles. The maximum Gasteiger partial charge on any atom is 0.254 e. The van der Waals surface area contributed by atoms with Gasteiger partial charge in [0.1, 0.15) is 5.52 Å². The maximum absolute atomic E-state index is 12.8. The maximum atomic E-state index is 12.8. The Labute approximate surface area is 134 Å². The van der Waals surface area contributed by atoms with E-state index in [1.54, 1.807) is 18.5 Å². The summed E-state index contributed by atoms with van der Waals surface area (Å²) in [5.74, 6) is -0.0854. The molecule has 4 nitrogen and oxygen atoms in total. The molecule has 0 spiro atoms. The number of hydrogen-bond acceptors (Lipinski definition) is 3. The van der Waals surface area contributed by atoms with E-state index in [9.17, 15) is 4.79 Å². The second kappa shape index (κ2) is 5.80. The highest BCUT2D eigenvalue weighted by atomic mass is 16.1. The van der Waals surface area contributed by atoms with Gasteiger partial charge in [0.15, 0.2) is 0 Å². The minimum atomic E-state index is -0.0854. The van der Waals surface area contributed by atoms with Crippen molar-refractivity contribution in [1.29, 1.82) is 0 Å². The van der Waals surface area contributed by atoms with Crippen molar-refractivity contribution in [3.05, 3.63) is 71.5 Å².